The molecule has 0 saturated carbocycles. The molecule has 1 heterocycles. The lowest BCUT2D eigenvalue weighted by Gasteiger charge is -2.31. The van der Waals surface area contributed by atoms with Gasteiger partial charge in [-0.25, -0.2) is 4.98 Å². The number of rotatable bonds is 4. The van der Waals surface area contributed by atoms with Gasteiger partial charge in [-0.15, -0.1) is 0 Å². The van der Waals surface area contributed by atoms with E-state index in [1.165, 1.54) is 0 Å². The van der Waals surface area contributed by atoms with E-state index in [-0.39, 0.29) is 23.1 Å². The minimum Gasteiger partial charge on any atom is -0.396 e. The minimum absolute atomic E-state index is 0.0158. The Morgan fingerprint density at radius 3 is 2.30 bits per heavy atom. The summed E-state index contributed by atoms with van der Waals surface area (Å²) in [6, 6.07) is 9.44. The zero-order valence-electron chi connectivity index (χ0n) is 13.9. The molecule has 4 nitrogen and oxygen atoms in total. The second-order valence-corrected chi connectivity index (χ2v) is 6.37. The van der Waals surface area contributed by atoms with Gasteiger partial charge in [0.2, 0.25) is 0 Å². The van der Waals surface area contributed by atoms with Gasteiger partial charge in [-0.3, -0.25) is 4.79 Å². The second-order valence-electron chi connectivity index (χ2n) is 6.01. The Bertz CT molecular complexity index is 705. The van der Waals surface area contributed by atoms with Gasteiger partial charge in [0.15, 0.2) is 5.15 Å². The van der Waals surface area contributed by atoms with Crippen LogP contribution in [0.5, 0.6) is 0 Å². The lowest BCUT2D eigenvalue weighted by molar-refractivity contribution is 0.0644. The Labute approximate surface area is 142 Å². The van der Waals surface area contributed by atoms with E-state index < -0.39 is 0 Å². The van der Waals surface area contributed by atoms with Crippen LogP contribution < -0.4 is 5.73 Å². The quantitative estimate of drug-likeness (QED) is 0.852. The van der Waals surface area contributed by atoms with Gasteiger partial charge in [0.05, 0.1) is 5.69 Å². The number of nitrogens with zero attached hydrogens (tertiary/aromatic N) is 2. The number of benzene rings is 1. The Morgan fingerprint density at radius 1 is 1.09 bits per heavy atom. The zero-order chi connectivity index (χ0) is 17.1. The highest BCUT2D eigenvalue weighted by Gasteiger charge is 2.24. The van der Waals surface area contributed by atoms with E-state index >= 15 is 0 Å². The van der Waals surface area contributed by atoms with Crippen molar-refractivity contribution in [1.82, 2.24) is 9.88 Å². The summed E-state index contributed by atoms with van der Waals surface area (Å²) >= 11 is 6.03. The molecule has 0 aliphatic carbocycles. The van der Waals surface area contributed by atoms with Crippen LogP contribution in [0.3, 0.4) is 0 Å². The summed E-state index contributed by atoms with van der Waals surface area (Å²) in [6.45, 7) is 8.05. The summed E-state index contributed by atoms with van der Waals surface area (Å²) < 4.78 is 0. The van der Waals surface area contributed by atoms with Crippen molar-refractivity contribution in [1.29, 1.82) is 0 Å². The predicted octanol–water partition coefficient (Wildman–Crippen LogP) is 4.24. The molecule has 2 aromatic rings. The fraction of sp³-hybridized carbons (Fsp3) is 0.333. The molecular weight excluding hydrogens is 310 g/mol. The van der Waals surface area contributed by atoms with Crippen molar-refractivity contribution in [2.75, 3.05) is 5.73 Å². The number of carbonyl (C=O) groups excluding carboxylic acids is 1. The van der Waals surface area contributed by atoms with Crippen LogP contribution in [-0.4, -0.2) is 27.9 Å². The van der Waals surface area contributed by atoms with E-state index in [0.717, 1.165) is 11.1 Å². The molecule has 0 radical (unpaired) electrons. The van der Waals surface area contributed by atoms with Crippen LogP contribution >= 0.6 is 11.6 Å². The SMILES string of the molecule is CC(C)N(C(=O)c1ccccc1-c1ccnc(Cl)c1N)C(C)C. The molecule has 1 aromatic carbocycles. The highest BCUT2D eigenvalue weighted by atomic mass is 35.5. The highest BCUT2D eigenvalue weighted by molar-refractivity contribution is 6.32. The van der Waals surface area contributed by atoms with Crippen molar-refractivity contribution >= 4 is 23.2 Å². The summed E-state index contributed by atoms with van der Waals surface area (Å²) in [5.74, 6) is -0.0158. The van der Waals surface area contributed by atoms with Gasteiger partial charge in [0.25, 0.3) is 5.91 Å². The smallest absolute Gasteiger partial charge is 0.254 e. The third kappa shape index (κ3) is 3.48. The number of pyridine rings is 1. The number of halogens is 1. The number of anilines is 1. The summed E-state index contributed by atoms with van der Waals surface area (Å²) in [5, 5.41) is 0.245. The fourth-order valence-corrected chi connectivity index (χ4v) is 2.95. The maximum Gasteiger partial charge on any atom is 0.254 e. The average molecular weight is 332 g/mol. The highest BCUT2D eigenvalue weighted by Crippen LogP contribution is 2.33. The van der Waals surface area contributed by atoms with E-state index in [1.807, 2.05) is 56.9 Å². The number of aromatic nitrogens is 1. The van der Waals surface area contributed by atoms with E-state index in [2.05, 4.69) is 4.98 Å². The van der Waals surface area contributed by atoms with E-state index in [4.69, 9.17) is 17.3 Å². The first-order valence-corrected chi connectivity index (χ1v) is 8.04. The van der Waals surface area contributed by atoms with Crippen LogP contribution in [-0.2, 0) is 0 Å². The number of carbonyl (C=O) groups is 1. The largest absolute Gasteiger partial charge is 0.396 e. The van der Waals surface area contributed by atoms with Crippen LogP contribution in [0.2, 0.25) is 5.15 Å². The van der Waals surface area contributed by atoms with Gasteiger partial charge in [-0.1, -0.05) is 29.8 Å². The summed E-state index contributed by atoms with van der Waals surface area (Å²) in [6.07, 6.45) is 1.60. The van der Waals surface area contributed by atoms with Crippen molar-refractivity contribution in [2.45, 2.75) is 39.8 Å². The molecule has 0 unspecified atom stereocenters. The molecule has 2 N–H and O–H groups in total. The van der Waals surface area contributed by atoms with Gasteiger partial charge < -0.3 is 10.6 Å². The van der Waals surface area contributed by atoms with Crippen molar-refractivity contribution in [3.63, 3.8) is 0 Å². The number of nitrogen functional groups attached to an aromatic ring is 1. The lowest BCUT2D eigenvalue weighted by atomic mass is 9.97. The van der Waals surface area contributed by atoms with Gasteiger partial charge in [-0.2, -0.15) is 0 Å². The first-order valence-electron chi connectivity index (χ1n) is 7.66. The molecule has 122 valence electrons. The van der Waals surface area contributed by atoms with E-state index in [9.17, 15) is 4.79 Å². The Morgan fingerprint density at radius 2 is 1.70 bits per heavy atom. The predicted molar refractivity (Wildman–Crippen MR) is 95.5 cm³/mol. The Balaban J connectivity index is 2.58. The van der Waals surface area contributed by atoms with Crippen LogP contribution in [0.15, 0.2) is 36.5 Å². The van der Waals surface area contributed by atoms with Gasteiger partial charge in [0.1, 0.15) is 0 Å². The monoisotopic (exact) mass is 331 g/mol. The molecule has 0 fully saturated rings. The molecule has 0 aliphatic heterocycles. The summed E-state index contributed by atoms with van der Waals surface area (Å²) in [5.41, 5.74) is 8.55. The standard InChI is InChI=1S/C18H22ClN3O/c1-11(2)22(12(3)4)18(23)15-8-6-5-7-13(15)14-9-10-21-17(19)16(14)20/h5-12H,20H2,1-4H3. The zero-order valence-corrected chi connectivity index (χ0v) is 14.6. The molecule has 1 aromatic heterocycles. The second kappa shape index (κ2) is 7.01. The molecule has 0 bridgehead atoms. The van der Waals surface area contributed by atoms with Crippen molar-refractivity contribution in [3.05, 3.63) is 47.2 Å². The number of hydrogen-bond donors (Lipinski definition) is 1. The normalized spacial score (nSPS) is 11.1. The third-order valence-corrected chi connectivity index (χ3v) is 4.04. The van der Waals surface area contributed by atoms with Crippen LogP contribution in [0.1, 0.15) is 38.1 Å². The summed E-state index contributed by atoms with van der Waals surface area (Å²) in [7, 11) is 0. The molecule has 0 atom stereocenters. The van der Waals surface area contributed by atoms with Crippen molar-refractivity contribution in [2.24, 2.45) is 0 Å². The van der Waals surface area contributed by atoms with Crippen molar-refractivity contribution < 1.29 is 4.79 Å². The van der Waals surface area contributed by atoms with E-state index in [1.54, 1.807) is 12.3 Å². The molecule has 5 heteroatoms. The number of nitrogens with two attached hydrogens (primary N) is 1. The minimum atomic E-state index is -0.0158. The molecular formula is C18H22ClN3O. The topological polar surface area (TPSA) is 59.2 Å². The van der Waals surface area contributed by atoms with Crippen LogP contribution in [0, 0.1) is 0 Å². The lowest BCUT2D eigenvalue weighted by Crippen LogP contribution is -2.42. The van der Waals surface area contributed by atoms with Gasteiger partial charge in [-0.05, 0) is 45.4 Å². The fourth-order valence-electron chi connectivity index (χ4n) is 2.79. The molecule has 2 rings (SSSR count). The maximum atomic E-state index is 13.1. The average Bonchev–Trinajstić information content (AvgIpc) is 2.49. The van der Waals surface area contributed by atoms with Crippen molar-refractivity contribution in [3.8, 4) is 11.1 Å². The third-order valence-electron chi connectivity index (χ3n) is 3.74. The summed E-state index contributed by atoms with van der Waals surface area (Å²) in [4.78, 5) is 18.9. The molecule has 23 heavy (non-hydrogen) atoms. The molecule has 1 amide bonds. The maximum absolute atomic E-state index is 13.1. The van der Waals surface area contributed by atoms with Gasteiger partial charge >= 0.3 is 0 Å². The molecule has 0 aliphatic rings. The molecule has 0 spiro atoms. The van der Waals surface area contributed by atoms with Crippen LogP contribution in [0.25, 0.3) is 11.1 Å². The number of amides is 1. The van der Waals surface area contributed by atoms with E-state index in [0.29, 0.717) is 11.3 Å². The number of hydrogen-bond acceptors (Lipinski definition) is 3. The Kier molecular flexibility index (Phi) is 5.26. The first kappa shape index (κ1) is 17.3. The first-order chi connectivity index (χ1) is 10.8. The van der Waals surface area contributed by atoms with Gasteiger partial charge in [0, 0.05) is 29.4 Å². The Hall–Kier alpha value is -2.07. The van der Waals surface area contributed by atoms with Crippen LogP contribution in [0.4, 0.5) is 5.69 Å². The molecule has 0 saturated heterocycles.